The predicted octanol–water partition coefficient (Wildman–Crippen LogP) is 20.3. The van der Waals surface area contributed by atoms with Crippen molar-refractivity contribution in [3.8, 4) is 0 Å². The Balaban J connectivity index is 1.17. The molecule has 3 heterocycles. The highest BCUT2D eigenvalue weighted by atomic mass is 16.3. The highest BCUT2D eigenvalue weighted by Crippen LogP contribution is 2.57. The van der Waals surface area contributed by atoms with Gasteiger partial charge in [-0.25, -0.2) is 0 Å². The van der Waals surface area contributed by atoms with Crippen LogP contribution in [0.25, 0.3) is 21.9 Å². The van der Waals surface area contributed by atoms with Crippen LogP contribution in [0.15, 0.2) is 174 Å². The summed E-state index contributed by atoms with van der Waals surface area (Å²) in [6, 6.07) is 66.3. The Labute approximate surface area is 507 Å². The smallest absolute Gasteiger partial charge is 0.252 e. The summed E-state index contributed by atoms with van der Waals surface area (Å²) in [5.74, 6) is 0. The van der Waals surface area contributed by atoms with E-state index < -0.39 is 0 Å². The molecular weight excluding hydrogens is 1030 g/mol. The van der Waals surface area contributed by atoms with Gasteiger partial charge in [0.25, 0.3) is 6.71 Å². The van der Waals surface area contributed by atoms with Gasteiger partial charge in [0.15, 0.2) is 0 Å². The van der Waals surface area contributed by atoms with Gasteiger partial charge in [-0.1, -0.05) is 215 Å². The molecule has 0 bridgehead atoms. The molecule has 0 spiro atoms. The normalized spacial score (nSPS) is 16.8. The third-order valence-electron chi connectivity index (χ3n) is 20.5. The van der Waals surface area contributed by atoms with Crippen LogP contribution in [0.2, 0.25) is 0 Å². The zero-order valence-electron chi connectivity index (χ0n) is 53.7. The fraction of sp³-hybridized carbons (Fsp3) is 0.325. The average Bonchev–Trinajstić information content (AvgIpc) is 1.09. The Bertz CT molecular complexity index is 4360. The molecule has 0 unspecified atom stereocenters. The van der Waals surface area contributed by atoms with E-state index in [9.17, 15) is 0 Å². The van der Waals surface area contributed by atoms with E-state index in [0.29, 0.717) is 0 Å². The van der Waals surface area contributed by atoms with E-state index in [-0.39, 0.29) is 44.6 Å². The number of hydrogen-bond donors (Lipinski definition) is 0. The van der Waals surface area contributed by atoms with Gasteiger partial charge in [0.05, 0.1) is 16.8 Å². The minimum absolute atomic E-state index is 0.0157. The monoisotopic (exact) mass is 1110 g/mol. The molecular formula is C80H84BN3O. The standard InChI is InChI=1S/C80H84BN3O/c1-48-40-58-59(78(13,14)47-77(58,11)12)45-66(48)84-67-46-61-60(79(15,16)56-25-20-21-26-57(56)80(61,17)18)44-63(67)81-62-41-51(76(8,9)10)34-39-64(62)83(65-27-23-29-71-72(65)55-24-19-22-28-70(55)85-71)68-42-54(43-69(84)73(68)81)82(52-35-30-49(31-36-52)74(2,3)4)53-37-32-50(33-38-53)75(5,6)7/h19-46H,47H2,1-18H3. The van der Waals surface area contributed by atoms with E-state index in [1.165, 1.54) is 94.8 Å². The SMILES string of the molecule is Cc1cc2c(cc1N1c3cc4c(cc3B3c5cc(C(C)(C)C)ccc5N(c5cccc6oc7ccccc7c56)c5cc(N(c6ccc(C(C)(C)C)cc6)c6ccc(C(C)(C)C)cc6)cc1c53)C(C)(C)c1ccccc1C4(C)C)C(C)(C)CC2(C)C. The lowest BCUT2D eigenvalue weighted by molar-refractivity contribution is 0.403. The van der Waals surface area contributed by atoms with Gasteiger partial charge in [-0.15, -0.1) is 0 Å². The Morgan fingerprint density at radius 2 is 0.882 bits per heavy atom. The molecule has 428 valence electrons. The number of para-hydroxylation sites is 1. The molecule has 0 amide bonds. The summed E-state index contributed by atoms with van der Waals surface area (Å²) >= 11 is 0. The molecule has 9 aromatic carbocycles. The number of aryl methyl sites for hydroxylation is 1. The van der Waals surface area contributed by atoms with Crippen LogP contribution in [0.5, 0.6) is 0 Å². The molecule has 0 radical (unpaired) electrons. The van der Waals surface area contributed by atoms with E-state index in [1.54, 1.807) is 0 Å². The number of fused-ring (bicyclic) bond motifs is 10. The summed E-state index contributed by atoms with van der Waals surface area (Å²) < 4.78 is 6.82. The van der Waals surface area contributed by atoms with Crippen LogP contribution < -0.4 is 31.1 Å². The molecule has 5 heteroatoms. The third-order valence-corrected chi connectivity index (χ3v) is 20.5. The third kappa shape index (κ3) is 8.28. The molecule has 0 N–H and O–H groups in total. The van der Waals surface area contributed by atoms with Crippen molar-refractivity contribution in [2.45, 2.75) is 169 Å². The second kappa shape index (κ2) is 18.1. The molecule has 0 atom stereocenters. The van der Waals surface area contributed by atoms with Crippen LogP contribution in [0, 0.1) is 6.92 Å². The van der Waals surface area contributed by atoms with Crippen molar-refractivity contribution in [1.82, 2.24) is 0 Å². The molecule has 2 aliphatic carbocycles. The molecule has 4 nitrogen and oxygen atoms in total. The first-order valence-electron chi connectivity index (χ1n) is 31.2. The molecule has 2 aliphatic heterocycles. The second-order valence-corrected chi connectivity index (χ2v) is 31.1. The molecule has 10 aromatic rings. The number of nitrogens with zero attached hydrogens (tertiary/aromatic N) is 3. The van der Waals surface area contributed by atoms with Crippen molar-refractivity contribution in [3.63, 3.8) is 0 Å². The highest BCUT2D eigenvalue weighted by molar-refractivity contribution is 7.00. The Hall–Kier alpha value is -7.76. The van der Waals surface area contributed by atoms with Gasteiger partial charge < -0.3 is 19.1 Å². The van der Waals surface area contributed by atoms with Gasteiger partial charge in [0, 0.05) is 56.0 Å². The van der Waals surface area contributed by atoms with Crippen LogP contribution in [-0.4, -0.2) is 6.71 Å². The summed E-state index contributed by atoms with van der Waals surface area (Å²) in [7, 11) is 0. The maximum absolute atomic E-state index is 6.82. The molecule has 14 rings (SSSR count). The van der Waals surface area contributed by atoms with E-state index in [0.717, 1.165) is 56.8 Å². The largest absolute Gasteiger partial charge is 0.456 e. The predicted molar refractivity (Wildman–Crippen MR) is 365 cm³/mol. The van der Waals surface area contributed by atoms with Crippen molar-refractivity contribution in [2.24, 2.45) is 0 Å². The van der Waals surface area contributed by atoms with Crippen molar-refractivity contribution in [2.75, 3.05) is 14.7 Å². The van der Waals surface area contributed by atoms with Crippen molar-refractivity contribution >= 4 is 96.2 Å². The van der Waals surface area contributed by atoms with E-state index >= 15 is 0 Å². The number of anilines is 9. The first-order chi connectivity index (χ1) is 39.9. The molecule has 0 fully saturated rings. The number of benzene rings is 9. The van der Waals surface area contributed by atoms with Crippen LogP contribution in [0.1, 0.15) is 180 Å². The average molecular weight is 1110 g/mol. The van der Waals surface area contributed by atoms with Crippen molar-refractivity contribution in [1.29, 1.82) is 0 Å². The fourth-order valence-corrected chi connectivity index (χ4v) is 16.0. The minimum atomic E-state index is -0.281. The topological polar surface area (TPSA) is 22.9 Å². The van der Waals surface area contributed by atoms with E-state index in [1.807, 2.05) is 0 Å². The summed E-state index contributed by atoms with van der Waals surface area (Å²) in [6.45, 7) is 42.9. The first kappa shape index (κ1) is 55.1. The van der Waals surface area contributed by atoms with Crippen LogP contribution >= 0.6 is 0 Å². The van der Waals surface area contributed by atoms with Crippen LogP contribution in [0.4, 0.5) is 51.2 Å². The fourth-order valence-electron chi connectivity index (χ4n) is 16.0. The van der Waals surface area contributed by atoms with Gasteiger partial charge in [0.1, 0.15) is 11.2 Å². The summed E-state index contributed by atoms with van der Waals surface area (Å²) in [4.78, 5) is 7.89. The summed E-state index contributed by atoms with van der Waals surface area (Å²) in [5.41, 5.74) is 29.2. The molecule has 0 saturated carbocycles. The Kier molecular flexibility index (Phi) is 11.8. The van der Waals surface area contributed by atoms with E-state index in [2.05, 4.69) is 309 Å². The molecule has 85 heavy (non-hydrogen) atoms. The maximum atomic E-state index is 6.82. The van der Waals surface area contributed by atoms with Gasteiger partial charge in [-0.3, -0.25) is 0 Å². The number of rotatable bonds is 5. The van der Waals surface area contributed by atoms with Gasteiger partial charge in [-0.2, -0.15) is 0 Å². The van der Waals surface area contributed by atoms with Crippen molar-refractivity contribution < 1.29 is 4.42 Å². The number of furan rings is 1. The first-order valence-corrected chi connectivity index (χ1v) is 31.2. The van der Waals surface area contributed by atoms with E-state index in [4.69, 9.17) is 4.42 Å². The zero-order chi connectivity index (χ0) is 60.0. The minimum Gasteiger partial charge on any atom is -0.456 e. The van der Waals surface area contributed by atoms with Crippen LogP contribution in [0.3, 0.4) is 0 Å². The van der Waals surface area contributed by atoms with Gasteiger partial charge in [0.2, 0.25) is 0 Å². The lowest BCUT2D eigenvalue weighted by Gasteiger charge is -2.48. The molecule has 1 aromatic heterocycles. The zero-order valence-corrected chi connectivity index (χ0v) is 53.7. The lowest BCUT2D eigenvalue weighted by Crippen LogP contribution is -2.62. The number of hydrogen-bond acceptors (Lipinski definition) is 4. The molecule has 0 saturated heterocycles. The second-order valence-electron chi connectivity index (χ2n) is 31.1. The Morgan fingerprint density at radius 3 is 1.46 bits per heavy atom. The molecule has 4 aliphatic rings. The Morgan fingerprint density at radius 1 is 0.400 bits per heavy atom. The summed E-state index contributed by atoms with van der Waals surface area (Å²) in [5, 5.41) is 2.22. The lowest BCUT2D eigenvalue weighted by atomic mass is 9.33. The van der Waals surface area contributed by atoms with Gasteiger partial charge in [-0.05, 0) is 185 Å². The van der Waals surface area contributed by atoms with Gasteiger partial charge >= 0.3 is 0 Å². The van der Waals surface area contributed by atoms with Crippen LogP contribution in [-0.2, 0) is 37.9 Å². The summed E-state index contributed by atoms with van der Waals surface area (Å²) in [6.07, 6.45) is 1.09. The highest BCUT2D eigenvalue weighted by Gasteiger charge is 2.50. The quantitative estimate of drug-likeness (QED) is 0.160. The maximum Gasteiger partial charge on any atom is 0.252 e. The van der Waals surface area contributed by atoms with Crippen molar-refractivity contribution in [3.05, 3.63) is 225 Å².